The fourth-order valence-electron chi connectivity index (χ4n) is 2.55. The molecule has 1 atom stereocenters. The van der Waals surface area contributed by atoms with Crippen molar-refractivity contribution in [3.63, 3.8) is 0 Å². The predicted molar refractivity (Wildman–Crippen MR) is 107 cm³/mol. The van der Waals surface area contributed by atoms with Gasteiger partial charge in [0.2, 0.25) is 5.16 Å². The Morgan fingerprint density at radius 1 is 1.12 bits per heavy atom. The van der Waals surface area contributed by atoms with Crippen LogP contribution in [0.5, 0.6) is 5.75 Å². The summed E-state index contributed by atoms with van der Waals surface area (Å²) in [5.74, 6) is 2.14. The van der Waals surface area contributed by atoms with Crippen molar-refractivity contribution < 1.29 is 4.74 Å². The van der Waals surface area contributed by atoms with Gasteiger partial charge in [0.25, 0.3) is 0 Å². The molecule has 0 radical (unpaired) electrons. The van der Waals surface area contributed by atoms with Crippen molar-refractivity contribution in [2.75, 3.05) is 5.75 Å². The maximum absolute atomic E-state index is 5.97. The molecule has 1 unspecified atom stereocenters. The van der Waals surface area contributed by atoms with Crippen LogP contribution in [0.3, 0.4) is 0 Å². The van der Waals surface area contributed by atoms with Crippen molar-refractivity contribution in [2.45, 2.75) is 18.2 Å². The van der Waals surface area contributed by atoms with Crippen LogP contribution in [0, 0.1) is 0 Å². The molecule has 0 fully saturated rings. The Bertz CT molecular complexity index is 956. The monoisotopic (exact) mass is 448 g/mol. The molecule has 2 aromatic carbocycles. The topological polar surface area (TPSA) is 52.3 Å². The molecule has 0 N–H and O–H groups in total. The van der Waals surface area contributed by atoms with Crippen LogP contribution in [0.1, 0.15) is 24.4 Å². The van der Waals surface area contributed by atoms with Crippen LogP contribution in [-0.4, -0.2) is 26.3 Å². The molecule has 26 heavy (non-hydrogen) atoms. The normalized spacial score (nSPS) is 14.5. The number of aromatic nitrogens is 3. The third-order valence-electron chi connectivity index (χ3n) is 3.86. The molecule has 8 heteroatoms. The largest absolute Gasteiger partial charge is 0.483 e. The van der Waals surface area contributed by atoms with Crippen LogP contribution in [0.4, 0.5) is 0 Å². The Hall–Kier alpha value is -1.83. The van der Waals surface area contributed by atoms with E-state index in [2.05, 4.69) is 26.1 Å². The van der Waals surface area contributed by atoms with Gasteiger partial charge in [0.15, 0.2) is 11.9 Å². The van der Waals surface area contributed by atoms with E-state index in [1.54, 1.807) is 28.6 Å². The summed E-state index contributed by atoms with van der Waals surface area (Å²) in [6.45, 7) is 1.93. The van der Waals surface area contributed by atoms with Crippen LogP contribution in [0.2, 0.25) is 5.02 Å². The maximum Gasteiger partial charge on any atom is 0.212 e. The molecular formula is C18H14BrClN4OS. The Morgan fingerprint density at radius 3 is 2.58 bits per heavy atom. The molecule has 132 valence electrons. The van der Waals surface area contributed by atoms with E-state index in [0.29, 0.717) is 10.8 Å². The highest BCUT2D eigenvalue weighted by Crippen LogP contribution is 2.29. The van der Waals surface area contributed by atoms with Gasteiger partial charge in [-0.05, 0) is 48.9 Å². The first-order valence-electron chi connectivity index (χ1n) is 7.94. The van der Waals surface area contributed by atoms with E-state index in [1.165, 1.54) is 0 Å². The number of hydrogen-bond donors (Lipinski definition) is 0. The van der Waals surface area contributed by atoms with Gasteiger partial charge in [0.1, 0.15) is 5.75 Å². The average molecular weight is 450 g/mol. The van der Waals surface area contributed by atoms with Crippen LogP contribution >= 0.6 is 39.3 Å². The zero-order valence-electron chi connectivity index (χ0n) is 13.8. The SMILES string of the molecule is CC(Oc1ccc(Cl)cc1)c1nnc2n1N=C(c1ccc(Br)cc1)CS2. The zero-order valence-corrected chi connectivity index (χ0v) is 16.9. The molecule has 1 aliphatic rings. The number of rotatable bonds is 4. The third-order valence-corrected chi connectivity index (χ3v) is 5.57. The Morgan fingerprint density at radius 2 is 1.85 bits per heavy atom. The first-order chi connectivity index (χ1) is 12.6. The standard InChI is InChI=1S/C18H14BrClN4OS/c1-11(25-15-8-6-14(20)7-9-15)17-21-22-18-24(17)23-16(10-26-18)12-2-4-13(19)5-3-12/h2-9,11H,10H2,1H3. The lowest BCUT2D eigenvalue weighted by Crippen LogP contribution is -2.17. The molecule has 0 saturated carbocycles. The van der Waals surface area contributed by atoms with Crippen molar-refractivity contribution in [3.05, 3.63) is 69.4 Å². The molecule has 1 aromatic heterocycles. The molecular weight excluding hydrogens is 436 g/mol. The summed E-state index contributed by atoms with van der Waals surface area (Å²) in [7, 11) is 0. The average Bonchev–Trinajstić information content (AvgIpc) is 3.07. The van der Waals surface area contributed by atoms with Crippen molar-refractivity contribution in [3.8, 4) is 5.75 Å². The zero-order chi connectivity index (χ0) is 18.1. The summed E-state index contributed by atoms with van der Waals surface area (Å²) >= 11 is 11.0. The number of benzene rings is 2. The van der Waals surface area contributed by atoms with Gasteiger partial charge in [-0.15, -0.1) is 10.2 Å². The van der Waals surface area contributed by atoms with Gasteiger partial charge in [-0.1, -0.05) is 51.4 Å². The number of nitrogens with zero attached hydrogens (tertiary/aromatic N) is 4. The minimum absolute atomic E-state index is 0.300. The van der Waals surface area contributed by atoms with E-state index in [-0.39, 0.29) is 6.10 Å². The number of fused-ring (bicyclic) bond motifs is 1. The van der Waals surface area contributed by atoms with Crippen molar-refractivity contribution >= 4 is 45.0 Å². The van der Waals surface area contributed by atoms with Crippen molar-refractivity contribution in [1.82, 2.24) is 14.9 Å². The van der Waals surface area contributed by atoms with Crippen molar-refractivity contribution in [2.24, 2.45) is 5.10 Å². The van der Waals surface area contributed by atoms with E-state index >= 15 is 0 Å². The van der Waals surface area contributed by atoms with Crippen LogP contribution < -0.4 is 4.74 Å². The second-order valence-electron chi connectivity index (χ2n) is 5.71. The lowest BCUT2D eigenvalue weighted by atomic mass is 10.1. The van der Waals surface area contributed by atoms with Gasteiger partial charge in [0, 0.05) is 15.2 Å². The van der Waals surface area contributed by atoms with Crippen LogP contribution in [0.15, 0.2) is 63.3 Å². The second-order valence-corrected chi connectivity index (χ2v) is 8.00. The van der Waals surface area contributed by atoms with Crippen molar-refractivity contribution in [1.29, 1.82) is 0 Å². The highest BCUT2D eigenvalue weighted by atomic mass is 79.9. The Balaban J connectivity index is 1.61. The molecule has 0 saturated heterocycles. The van der Waals surface area contributed by atoms with Crippen LogP contribution in [0.25, 0.3) is 0 Å². The quantitative estimate of drug-likeness (QED) is 0.550. The van der Waals surface area contributed by atoms with Gasteiger partial charge in [-0.3, -0.25) is 0 Å². The molecule has 0 bridgehead atoms. The third kappa shape index (κ3) is 3.65. The fourth-order valence-corrected chi connectivity index (χ4v) is 3.79. The van der Waals surface area contributed by atoms with Gasteiger partial charge in [0.05, 0.1) is 5.71 Å². The molecule has 0 spiro atoms. The summed E-state index contributed by atoms with van der Waals surface area (Å²) in [6.07, 6.45) is -0.300. The summed E-state index contributed by atoms with van der Waals surface area (Å²) < 4.78 is 8.78. The summed E-state index contributed by atoms with van der Waals surface area (Å²) in [5, 5.41) is 14.7. The van der Waals surface area contributed by atoms with E-state index < -0.39 is 0 Å². The first-order valence-corrected chi connectivity index (χ1v) is 10.1. The van der Waals surface area contributed by atoms with Gasteiger partial charge >= 0.3 is 0 Å². The molecule has 3 aromatic rings. The predicted octanol–water partition coefficient (Wildman–Crippen LogP) is 5.19. The lowest BCUT2D eigenvalue weighted by Gasteiger charge is -2.17. The molecule has 2 heterocycles. The fraction of sp³-hybridized carbons (Fsp3) is 0.167. The molecule has 1 aliphatic heterocycles. The molecule has 5 nitrogen and oxygen atoms in total. The van der Waals surface area contributed by atoms with E-state index in [4.69, 9.17) is 21.4 Å². The second kappa shape index (κ2) is 7.42. The Kier molecular flexibility index (Phi) is 5.02. The van der Waals surface area contributed by atoms with Crippen LogP contribution in [-0.2, 0) is 0 Å². The number of hydrogen-bond acceptors (Lipinski definition) is 5. The van der Waals surface area contributed by atoms with Gasteiger partial charge in [-0.25, -0.2) is 0 Å². The Labute approximate surface area is 168 Å². The van der Waals surface area contributed by atoms with E-state index in [0.717, 1.165) is 32.4 Å². The number of halogens is 2. The lowest BCUT2D eigenvalue weighted by molar-refractivity contribution is 0.211. The minimum Gasteiger partial charge on any atom is -0.483 e. The number of thioether (sulfide) groups is 1. The highest BCUT2D eigenvalue weighted by Gasteiger charge is 2.24. The van der Waals surface area contributed by atoms with E-state index in [1.807, 2.05) is 43.3 Å². The molecule has 4 rings (SSSR count). The summed E-state index contributed by atoms with van der Waals surface area (Å²) in [5.41, 5.74) is 2.06. The van der Waals surface area contributed by atoms with E-state index in [9.17, 15) is 0 Å². The van der Waals surface area contributed by atoms with Gasteiger partial charge in [-0.2, -0.15) is 9.78 Å². The molecule has 0 aliphatic carbocycles. The summed E-state index contributed by atoms with van der Waals surface area (Å²) in [6, 6.07) is 15.4. The smallest absolute Gasteiger partial charge is 0.212 e. The summed E-state index contributed by atoms with van der Waals surface area (Å²) in [4.78, 5) is 0. The molecule has 0 amide bonds. The maximum atomic E-state index is 5.97. The highest BCUT2D eigenvalue weighted by molar-refractivity contribution is 9.10. The first kappa shape index (κ1) is 17.6. The number of ether oxygens (including phenoxy) is 1. The van der Waals surface area contributed by atoms with Gasteiger partial charge < -0.3 is 4.74 Å². The minimum atomic E-state index is -0.300.